The summed E-state index contributed by atoms with van der Waals surface area (Å²) in [6.07, 6.45) is 0. The Morgan fingerprint density at radius 3 is 2.53 bits per heavy atom. The van der Waals surface area contributed by atoms with Gasteiger partial charge in [0.25, 0.3) is 0 Å². The van der Waals surface area contributed by atoms with E-state index in [-0.39, 0.29) is 22.9 Å². The van der Waals surface area contributed by atoms with Gasteiger partial charge in [-0.05, 0) is 24.8 Å². The molecule has 0 radical (unpaired) electrons. The number of hydrogen-bond donors (Lipinski definition) is 1. The fourth-order valence-electron chi connectivity index (χ4n) is 1.70. The van der Waals surface area contributed by atoms with E-state index in [2.05, 4.69) is 6.58 Å². The molecule has 0 unspecified atom stereocenters. The van der Waals surface area contributed by atoms with Crippen LogP contribution in [0.25, 0.3) is 0 Å². The van der Waals surface area contributed by atoms with Gasteiger partial charge < -0.3 is 5.11 Å². The molecule has 1 aromatic heterocycles. The number of nitrogens with zero attached hydrogens (tertiary/aromatic N) is 1. The molecule has 0 spiro atoms. The first-order valence-electron chi connectivity index (χ1n) is 5.67. The lowest BCUT2D eigenvalue weighted by atomic mass is 10.3. The van der Waals surface area contributed by atoms with Crippen molar-refractivity contribution in [2.45, 2.75) is 25.7 Å². The molecule has 1 heterocycles. The van der Waals surface area contributed by atoms with Crippen LogP contribution in [0.3, 0.4) is 0 Å². The zero-order chi connectivity index (χ0) is 14.8. The molecule has 0 aliphatic rings. The Morgan fingerprint density at radius 1 is 1.53 bits per heavy atom. The highest BCUT2D eigenvalue weighted by Crippen LogP contribution is 2.29. The lowest BCUT2D eigenvalue weighted by Gasteiger charge is -2.21. The maximum absolute atomic E-state index is 12.5. The molecular weight excluding hydrogens is 286 g/mol. The number of carboxylic acid groups (broad SMARTS) is 1. The van der Waals surface area contributed by atoms with Gasteiger partial charge in [0.15, 0.2) is 0 Å². The number of thiophene rings is 1. The summed E-state index contributed by atoms with van der Waals surface area (Å²) in [7, 11) is -3.81. The predicted molar refractivity (Wildman–Crippen MR) is 75.3 cm³/mol. The number of sulfonamides is 1. The fourth-order valence-corrected chi connectivity index (χ4v) is 4.79. The van der Waals surface area contributed by atoms with E-state index < -0.39 is 16.0 Å². The van der Waals surface area contributed by atoms with E-state index in [1.807, 2.05) is 0 Å². The van der Waals surface area contributed by atoms with Gasteiger partial charge in [-0.15, -0.1) is 11.3 Å². The van der Waals surface area contributed by atoms with Gasteiger partial charge in [-0.25, -0.2) is 13.2 Å². The second-order valence-electron chi connectivity index (χ2n) is 4.27. The molecule has 106 valence electrons. The minimum atomic E-state index is -3.81. The molecular formula is C12H17NO4S2. The summed E-state index contributed by atoms with van der Waals surface area (Å²) in [6, 6.07) is 0. The largest absolute Gasteiger partial charge is 0.477 e. The molecule has 0 aliphatic heterocycles. The van der Waals surface area contributed by atoms with Crippen LogP contribution in [-0.4, -0.2) is 36.9 Å². The first-order chi connectivity index (χ1) is 8.71. The lowest BCUT2D eigenvalue weighted by Crippen LogP contribution is -2.33. The lowest BCUT2D eigenvalue weighted by molar-refractivity contribution is 0.0698. The maximum Gasteiger partial charge on any atom is 0.347 e. The molecule has 0 saturated carbocycles. The van der Waals surface area contributed by atoms with Crippen molar-refractivity contribution in [3.8, 4) is 0 Å². The zero-order valence-corrected chi connectivity index (χ0v) is 12.8. The second-order valence-corrected chi connectivity index (χ2v) is 7.02. The van der Waals surface area contributed by atoms with E-state index in [0.717, 1.165) is 11.3 Å². The number of rotatable bonds is 6. The average molecular weight is 303 g/mol. The van der Waals surface area contributed by atoms with Crippen molar-refractivity contribution >= 4 is 27.3 Å². The van der Waals surface area contributed by atoms with Gasteiger partial charge in [0.1, 0.15) is 9.77 Å². The number of aryl methyl sites for hydroxylation is 1. The second kappa shape index (κ2) is 5.85. The van der Waals surface area contributed by atoms with Crippen LogP contribution in [-0.2, 0) is 10.0 Å². The molecule has 0 aliphatic carbocycles. The van der Waals surface area contributed by atoms with E-state index >= 15 is 0 Å². The molecule has 1 rings (SSSR count). The van der Waals surface area contributed by atoms with Crippen LogP contribution >= 0.6 is 11.3 Å². The summed E-state index contributed by atoms with van der Waals surface area (Å²) in [5, 5.41) is 10.6. The maximum atomic E-state index is 12.5. The van der Waals surface area contributed by atoms with Gasteiger partial charge in [-0.1, -0.05) is 19.1 Å². The quantitative estimate of drug-likeness (QED) is 0.819. The van der Waals surface area contributed by atoms with Gasteiger partial charge in [0, 0.05) is 13.1 Å². The zero-order valence-electron chi connectivity index (χ0n) is 11.1. The van der Waals surface area contributed by atoms with Crippen molar-refractivity contribution < 1.29 is 18.3 Å². The average Bonchev–Trinajstić information content (AvgIpc) is 2.68. The molecule has 0 saturated heterocycles. The summed E-state index contributed by atoms with van der Waals surface area (Å²) in [5.41, 5.74) is 1.16. The highest BCUT2D eigenvalue weighted by molar-refractivity contribution is 7.89. The first kappa shape index (κ1) is 15.9. The van der Waals surface area contributed by atoms with Crippen molar-refractivity contribution in [1.82, 2.24) is 4.31 Å². The highest BCUT2D eigenvalue weighted by Gasteiger charge is 2.31. The van der Waals surface area contributed by atoms with Crippen LogP contribution in [0.15, 0.2) is 22.4 Å². The third kappa shape index (κ3) is 3.23. The van der Waals surface area contributed by atoms with Crippen LogP contribution in [0.5, 0.6) is 0 Å². The molecule has 0 bridgehead atoms. The van der Waals surface area contributed by atoms with Crippen LogP contribution in [0.2, 0.25) is 0 Å². The van der Waals surface area contributed by atoms with Crippen molar-refractivity contribution in [2.24, 2.45) is 0 Å². The Bertz CT molecular complexity index is 601. The summed E-state index contributed by atoms with van der Waals surface area (Å²) in [4.78, 5) is 10.9. The van der Waals surface area contributed by atoms with Crippen LogP contribution in [0, 0.1) is 6.92 Å². The fraction of sp³-hybridized carbons (Fsp3) is 0.417. The number of carbonyl (C=O) groups is 1. The summed E-state index contributed by atoms with van der Waals surface area (Å²) in [5.74, 6) is -1.22. The molecule has 0 fully saturated rings. The van der Waals surface area contributed by atoms with Gasteiger partial charge in [0.05, 0.1) is 0 Å². The predicted octanol–water partition coefficient (Wildman–Crippen LogP) is 2.34. The number of hydrogen-bond acceptors (Lipinski definition) is 4. The first-order valence-corrected chi connectivity index (χ1v) is 7.99. The van der Waals surface area contributed by atoms with Crippen LogP contribution in [0.1, 0.15) is 29.1 Å². The minimum absolute atomic E-state index is 0.104. The third-order valence-corrected chi connectivity index (χ3v) is 5.83. The van der Waals surface area contributed by atoms with Crippen molar-refractivity contribution in [3.63, 3.8) is 0 Å². The smallest absolute Gasteiger partial charge is 0.347 e. The Morgan fingerprint density at radius 2 is 2.11 bits per heavy atom. The molecule has 0 atom stereocenters. The van der Waals surface area contributed by atoms with Gasteiger partial charge in [0.2, 0.25) is 10.0 Å². The summed E-state index contributed by atoms with van der Waals surface area (Å²) >= 11 is 0.930. The molecule has 1 aromatic rings. The minimum Gasteiger partial charge on any atom is -0.477 e. The molecule has 5 nitrogen and oxygen atoms in total. The Hall–Kier alpha value is -1.18. The summed E-state index contributed by atoms with van der Waals surface area (Å²) in [6.45, 7) is 9.20. The Labute approximate surface area is 117 Å². The van der Waals surface area contributed by atoms with Crippen LogP contribution < -0.4 is 0 Å². The molecule has 1 N–H and O–H groups in total. The SMILES string of the molecule is C=C(C)CN(CC)S(=O)(=O)c1c(C)csc1C(=O)O. The van der Waals surface area contributed by atoms with Crippen LogP contribution in [0.4, 0.5) is 0 Å². The van der Waals surface area contributed by atoms with Crippen molar-refractivity contribution in [3.05, 3.63) is 28.0 Å². The van der Waals surface area contributed by atoms with Crippen molar-refractivity contribution in [2.75, 3.05) is 13.1 Å². The molecule has 7 heteroatoms. The number of likely N-dealkylation sites (N-methyl/N-ethyl adjacent to an activating group) is 1. The summed E-state index contributed by atoms with van der Waals surface area (Å²) < 4.78 is 26.3. The third-order valence-electron chi connectivity index (χ3n) is 2.51. The molecule has 0 amide bonds. The van der Waals surface area contributed by atoms with E-state index in [0.29, 0.717) is 11.1 Å². The highest BCUT2D eigenvalue weighted by atomic mass is 32.2. The Kier molecular flexibility index (Phi) is 4.89. The molecule has 19 heavy (non-hydrogen) atoms. The number of carboxylic acids is 1. The van der Waals surface area contributed by atoms with E-state index in [1.165, 1.54) is 4.31 Å². The Balaban J connectivity index is 3.37. The van der Waals surface area contributed by atoms with Gasteiger partial charge in [-0.2, -0.15) is 4.31 Å². The molecule has 0 aromatic carbocycles. The topological polar surface area (TPSA) is 74.7 Å². The normalized spacial score (nSPS) is 11.8. The monoisotopic (exact) mass is 303 g/mol. The standard InChI is InChI=1S/C12H17NO4S2/c1-5-13(6-8(2)3)19(16,17)11-9(4)7-18-10(11)12(14)15/h7H,2,5-6H2,1,3-4H3,(H,14,15). The van der Waals surface area contributed by atoms with E-state index in [1.54, 1.807) is 26.2 Å². The van der Waals surface area contributed by atoms with Gasteiger partial charge >= 0.3 is 5.97 Å². The number of aromatic carboxylic acids is 1. The van der Waals surface area contributed by atoms with E-state index in [9.17, 15) is 13.2 Å². The van der Waals surface area contributed by atoms with E-state index in [4.69, 9.17) is 5.11 Å². The van der Waals surface area contributed by atoms with Gasteiger partial charge in [-0.3, -0.25) is 0 Å². The van der Waals surface area contributed by atoms with Crippen molar-refractivity contribution in [1.29, 1.82) is 0 Å².